The summed E-state index contributed by atoms with van der Waals surface area (Å²) in [6.07, 6.45) is 4.20. The van der Waals surface area contributed by atoms with Gasteiger partial charge in [0.05, 0.1) is 0 Å². The predicted molar refractivity (Wildman–Crippen MR) is 126 cm³/mol. The summed E-state index contributed by atoms with van der Waals surface area (Å²) in [5, 5.41) is 5.49. The first-order valence-electron chi connectivity index (χ1n) is 11.6. The van der Waals surface area contributed by atoms with Gasteiger partial charge in [-0.25, -0.2) is 0 Å². The molecular formula is C30H28. The second kappa shape index (κ2) is 5.35. The van der Waals surface area contributed by atoms with E-state index in [1.807, 2.05) is 0 Å². The molecule has 148 valence electrons. The molecule has 4 unspecified atom stereocenters. The molecular weight excluding hydrogens is 360 g/mol. The lowest BCUT2D eigenvalue weighted by atomic mass is 9.54. The number of hydrogen-bond acceptors (Lipinski definition) is 0. The normalized spacial score (nSPS) is 33.1. The Bertz CT molecular complexity index is 1230. The van der Waals surface area contributed by atoms with Crippen molar-refractivity contribution in [3.8, 4) is 0 Å². The van der Waals surface area contributed by atoms with Crippen LogP contribution < -0.4 is 0 Å². The van der Waals surface area contributed by atoms with Gasteiger partial charge in [-0.05, 0) is 62.8 Å². The first kappa shape index (κ1) is 17.1. The third-order valence-electron chi connectivity index (χ3n) is 9.57. The van der Waals surface area contributed by atoms with E-state index in [1.165, 1.54) is 40.8 Å². The van der Waals surface area contributed by atoms with E-state index in [-0.39, 0.29) is 10.8 Å². The van der Waals surface area contributed by atoms with Gasteiger partial charge < -0.3 is 0 Å². The molecule has 0 aliphatic heterocycles. The Labute approximate surface area is 178 Å². The van der Waals surface area contributed by atoms with Crippen LogP contribution in [0.5, 0.6) is 0 Å². The summed E-state index contributed by atoms with van der Waals surface area (Å²) < 4.78 is 0. The maximum Gasteiger partial charge on any atom is 0.0149 e. The van der Waals surface area contributed by atoms with Crippen LogP contribution >= 0.6 is 0 Å². The van der Waals surface area contributed by atoms with E-state index in [2.05, 4.69) is 98.8 Å². The van der Waals surface area contributed by atoms with Crippen molar-refractivity contribution in [1.82, 2.24) is 0 Å². The zero-order valence-electron chi connectivity index (χ0n) is 17.9. The number of rotatable bonds is 2. The van der Waals surface area contributed by atoms with Crippen LogP contribution in [0.15, 0.2) is 84.9 Å². The highest BCUT2D eigenvalue weighted by Gasteiger charge is 2.95. The predicted octanol–water partition coefficient (Wildman–Crippen LogP) is 7.64. The summed E-state index contributed by atoms with van der Waals surface area (Å²) in [6, 6.07) is 32.4. The highest BCUT2D eigenvalue weighted by atomic mass is 15.0. The topological polar surface area (TPSA) is 0 Å². The van der Waals surface area contributed by atoms with Gasteiger partial charge in [-0.15, -0.1) is 0 Å². The number of benzene rings is 4. The monoisotopic (exact) mass is 388 g/mol. The standard InChI is InChI=1S/C30H28/c1-28(2)29(24-16-14-20-8-3-5-10-22(20)18-24)26-12-7-13-27(26)30(28,29)25-17-15-21-9-4-6-11-23(21)19-25/h3-6,8-11,14-19,26-27H,7,12-13H2,1-2H3. The molecule has 0 amide bonds. The molecule has 0 nitrogen and oxygen atoms in total. The molecule has 0 heterocycles. The zero-order chi connectivity index (χ0) is 20.1. The molecule has 4 atom stereocenters. The van der Waals surface area contributed by atoms with E-state index in [0.29, 0.717) is 5.41 Å². The molecule has 3 fully saturated rings. The first-order valence-corrected chi connectivity index (χ1v) is 11.6. The molecule has 3 saturated carbocycles. The highest BCUT2D eigenvalue weighted by Crippen LogP contribution is 2.94. The molecule has 0 N–H and O–H groups in total. The number of fused-ring (bicyclic) bond motifs is 6. The van der Waals surface area contributed by atoms with Crippen molar-refractivity contribution in [2.45, 2.75) is 43.9 Å². The summed E-state index contributed by atoms with van der Waals surface area (Å²) in [7, 11) is 0. The highest BCUT2D eigenvalue weighted by molar-refractivity contribution is 5.86. The van der Waals surface area contributed by atoms with Gasteiger partial charge in [-0.2, -0.15) is 0 Å². The average molecular weight is 389 g/mol. The van der Waals surface area contributed by atoms with E-state index in [1.54, 1.807) is 11.1 Å². The molecule has 3 aliphatic carbocycles. The van der Waals surface area contributed by atoms with Crippen LogP contribution in [-0.4, -0.2) is 0 Å². The molecule has 0 aromatic heterocycles. The van der Waals surface area contributed by atoms with E-state index >= 15 is 0 Å². The first-order chi connectivity index (χ1) is 14.6. The lowest BCUT2D eigenvalue weighted by Crippen LogP contribution is -2.49. The molecule has 0 radical (unpaired) electrons. The summed E-state index contributed by atoms with van der Waals surface area (Å²) in [4.78, 5) is 0. The fourth-order valence-electron chi connectivity index (χ4n) is 8.83. The van der Waals surface area contributed by atoms with Crippen LogP contribution in [0.1, 0.15) is 44.2 Å². The smallest absolute Gasteiger partial charge is 0.0149 e. The van der Waals surface area contributed by atoms with E-state index in [4.69, 9.17) is 0 Å². The molecule has 7 rings (SSSR count). The Kier molecular flexibility index (Phi) is 3.06. The van der Waals surface area contributed by atoms with Gasteiger partial charge in [0.2, 0.25) is 0 Å². The minimum atomic E-state index is 0.285. The van der Waals surface area contributed by atoms with Crippen LogP contribution in [0.2, 0.25) is 0 Å². The summed E-state index contributed by atoms with van der Waals surface area (Å²) in [5.74, 6) is 1.67. The Hall–Kier alpha value is -2.60. The van der Waals surface area contributed by atoms with Crippen molar-refractivity contribution in [3.63, 3.8) is 0 Å². The maximum atomic E-state index is 2.57. The molecule has 3 aliphatic rings. The summed E-state index contributed by atoms with van der Waals surface area (Å²) >= 11 is 0. The Morgan fingerprint density at radius 2 is 1.00 bits per heavy atom. The minimum absolute atomic E-state index is 0.285. The second-order valence-corrected chi connectivity index (χ2v) is 10.5. The van der Waals surface area contributed by atoms with Gasteiger partial charge in [0.15, 0.2) is 0 Å². The van der Waals surface area contributed by atoms with E-state index in [9.17, 15) is 0 Å². The van der Waals surface area contributed by atoms with E-state index < -0.39 is 0 Å². The fraction of sp³-hybridized carbons (Fsp3) is 0.333. The maximum absolute atomic E-state index is 2.57. The lowest BCUT2D eigenvalue weighted by Gasteiger charge is -2.49. The molecule has 4 aromatic carbocycles. The number of hydrogen-bond donors (Lipinski definition) is 0. The summed E-state index contributed by atoms with van der Waals surface area (Å²) in [6.45, 7) is 5.13. The van der Waals surface area contributed by atoms with Gasteiger partial charge >= 0.3 is 0 Å². The van der Waals surface area contributed by atoms with Crippen molar-refractivity contribution in [2.75, 3.05) is 0 Å². The van der Waals surface area contributed by atoms with Crippen molar-refractivity contribution < 1.29 is 0 Å². The Morgan fingerprint density at radius 1 is 0.567 bits per heavy atom. The minimum Gasteiger partial charge on any atom is -0.0616 e. The van der Waals surface area contributed by atoms with Crippen LogP contribution in [0, 0.1) is 17.3 Å². The molecule has 30 heavy (non-hydrogen) atoms. The third kappa shape index (κ3) is 1.63. The van der Waals surface area contributed by atoms with Crippen LogP contribution in [0.25, 0.3) is 21.5 Å². The Balaban J connectivity index is 1.48. The van der Waals surface area contributed by atoms with Gasteiger partial charge in [0.25, 0.3) is 0 Å². The largest absolute Gasteiger partial charge is 0.0616 e. The molecule has 4 aromatic rings. The molecule has 0 spiro atoms. The van der Waals surface area contributed by atoms with Crippen molar-refractivity contribution in [1.29, 1.82) is 0 Å². The lowest BCUT2D eigenvalue weighted by molar-refractivity contribution is 0.120. The molecule has 0 heteroatoms. The third-order valence-corrected chi connectivity index (χ3v) is 9.57. The summed E-state index contributed by atoms with van der Waals surface area (Å²) in [5.41, 5.74) is 4.03. The fourth-order valence-corrected chi connectivity index (χ4v) is 8.83. The van der Waals surface area contributed by atoms with Crippen molar-refractivity contribution in [2.24, 2.45) is 17.3 Å². The second-order valence-electron chi connectivity index (χ2n) is 10.5. The average Bonchev–Trinajstić information content (AvgIpc) is 2.99. The van der Waals surface area contributed by atoms with Crippen LogP contribution in [0.3, 0.4) is 0 Å². The molecule has 0 bridgehead atoms. The SMILES string of the molecule is CC1(C)C2(c3ccc4ccccc4c3)C3CCCC3C12c1ccc2ccccc2c1. The zero-order valence-corrected chi connectivity index (χ0v) is 17.9. The molecule has 0 saturated heterocycles. The van der Waals surface area contributed by atoms with Crippen molar-refractivity contribution in [3.05, 3.63) is 96.1 Å². The van der Waals surface area contributed by atoms with Crippen LogP contribution in [-0.2, 0) is 10.8 Å². The van der Waals surface area contributed by atoms with Gasteiger partial charge in [0, 0.05) is 10.8 Å². The Morgan fingerprint density at radius 3 is 1.47 bits per heavy atom. The van der Waals surface area contributed by atoms with Gasteiger partial charge in [-0.3, -0.25) is 0 Å². The quantitative estimate of drug-likeness (QED) is 0.331. The van der Waals surface area contributed by atoms with Gasteiger partial charge in [-0.1, -0.05) is 105 Å². The van der Waals surface area contributed by atoms with E-state index in [0.717, 1.165) is 11.8 Å². The van der Waals surface area contributed by atoms with Gasteiger partial charge in [0.1, 0.15) is 0 Å². The van der Waals surface area contributed by atoms with Crippen LogP contribution in [0.4, 0.5) is 0 Å². The van der Waals surface area contributed by atoms with Crippen molar-refractivity contribution >= 4 is 21.5 Å².